The van der Waals surface area contributed by atoms with E-state index in [2.05, 4.69) is 68.6 Å². The molecule has 2 aromatic rings. The van der Waals surface area contributed by atoms with Crippen molar-refractivity contribution in [1.29, 1.82) is 0 Å². The molecule has 0 N–H and O–H groups in total. The maximum atomic E-state index is 5.88. The fourth-order valence-corrected chi connectivity index (χ4v) is 5.40. The molecule has 3 aliphatic rings. The van der Waals surface area contributed by atoms with Gasteiger partial charge in [-0.2, -0.15) is 0 Å². The van der Waals surface area contributed by atoms with Crippen molar-refractivity contribution >= 4 is 11.4 Å². The molecule has 2 heterocycles. The first-order valence-corrected chi connectivity index (χ1v) is 13.4. The Bertz CT molecular complexity index is 941. The Morgan fingerprint density at radius 3 is 1.37 bits per heavy atom. The number of likely N-dealkylation sites (tertiary alicyclic amines) is 2. The van der Waals surface area contributed by atoms with E-state index in [0.717, 1.165) is 35.6 Å². The van der Waals surface area contributed by atoms with E-state index in [0.29, 0.717) is 19.6 Å². The lowest BCUT2D eigenvalue weighted by molar-refractivity contribution is 0.101. The Labute approximate surface area is 209 Å². The lowest BCUT2D eigenvalue weighted by Crippen LogP contribution is -2.32. The highest BCUT2D eigenvalue weighted by molar-refractivity contribution is 6.24. The van der Waals surface area contributed by atoms with Crippen molar-refractivity contribution < 1.29 is 9.68 Å². The van der Waals surface area contributed by atoms with Gasteiger partial charge >= 0.3 is 0 Å². The summed E-state index contributed by atoms with van der Waals surface area (Å²) in [5.74, 6) is 0. The summed E-state index contributed by atoms with van der Waals surface area (Å²) >= 11 is 0. The van der Waals surface area contributed by atoms with E-state index in [1.165, 1.54) is 75.8 Å². The largest absolute Gasteiger partial charge is 0.394 e. The van der Waals surface area contributed by atoms with Gasteiger partial charge in [0.2, 0.25) is 0 Å². The SMILES string of the molecule is c1ccc2c(c1)C(=NOCCN1CCCCC1)CC(=NOCCN1CCCCC1)c1ccccc1-2. The monoisotopic (exact) mass is 474 g/mol. The summed E-state index contributed by atoms with van der Waals surface area (Å²) in [7, 11) is 0. The maximum Gasteiger partial charge on any atom is 0.129 e. The molecule has 1 aliphatic carbocycles. The molecule has 0 radical (unpaired) electrons. The van der Waals surface area contributed by atoms with Crippen LogP contribution in [-0.4, -0.2) is 73.7 Å². The van der Waals surface area contributed by atoms with Crippen molar-refractivity contribution in [2.45, 2.75) is 44.9 Å². The van der Waals surface area contributed by atoms with Crippen molar-refractivity contribution in [2.24, 2.45) is 10.3 Å². The van der Waals surface area contributed by atoms with Gasteiger partial charge in [-0.25, -0.2) is 0 Å². The first-order chi connectivity index (χ1) is 17.4. The van der Waals surface area contributed by atoms with Gasteiger partial charge in [0.15, 0.2) is 0 Å². The van der Waals surface area contributed by atoms with Crippen LogP contribution in [0.1, 0.15) is 56.1 Å². The molecule has 2 aromatic carbocycles. The maximum absolute atomic E-state index is 5.88. The molecule has 35 heavy (non-hydrogen) atoms. The average Bonchev–Trinajstić information content (AvgIpc) is 3.05. The van der Waals surface area contributed by atoms with Crippen LogP contribution in [0.15, 0.2) is 58.8 Å². The van der Waals surface area contributed by atoms with Gasteiger partial charge in [0.1, 0.15) is 13.2 Å². The molecule has 5 rings (SSSR count). The zero-order chi connectivity index (χ0) is 23.7. The molecule has 0 saturated carbocycles. The van der Waals surface area contributed by atoms with Crippen LogP contribution in [-0.2, 0) is 9.68 Å². The van der Waals surface area contributed by atoms with Gasteiger partial charge in [-0.1, -0.05) is 71.7 Å². The Kier molecular flexibility index (Phi) is 8.45. The van der Waals surface area contributed by atoms with E-state index in [9.17, 15) is 0 Å². The summed E-state index contributed by atoms with van der Waals surface area (Å²) in [5, 5.41) is 9.30. The molecular weight excluding hydrogens is 436 g/mol. The molecule has 2 saturated heterocycles. The standard InChI is InChI=1S/C29H38N4O2/c1-7-15-32(16-8-1)19-21-34-30-28-23-29(31-35-22-20-33-17-9-2-10-18-33)27-14-6-4-12-25(27)24-11-3-5-13-26(24)28/h3-6,11-14H,1-2,7-10,15-23H2. The van der Waals surface area contributed by atoms with Crippen molar-refractivity contribution in [1.82, 2.24) is 9.80 Å². The molecule has 2 aliphatic heterocycles. The third-order valence-electron chi connectivity index (χ3n) is 7.35. The van der Waals surface area contributed by atoms with Gasteiger partial charge in [-0.05, 0) is 63.0 Å². The minimum atomic E-state index is 0.585. The minimum Gasteiger partial charge on any atom is -0.394 e. The van der Waals surface area contributed by atoms with Crippen molar-refractivity contribution in [3.05, 3.63) is 59.7 Å². The second-order valence-corrected chi connectivity index (χ2v) is 9.81. The van der Waals surface area contributed by atoms with Crippen LogP contribution < -0.4 is 0 Å². The topological polar surface area (TPSA) is 49.7 Å². The fourth-order valence-electron chi connectivity index (χ4n) is 5.40. The summed E-state index contributed by atoms with van der Waals surface area (Å²) in [6.07, 6.45) is 8.44. The molecule has 186 valence electrons. The van der Waals surface area contributed by atoms with Crippen LogP contribution in [0.25, 0.3) is 11.1 Å². The molecule has 6 heteroatoms. The highest BCUT2D eigenvalue weighted by Crippen LogP contribution is 2.33. The zero-order valence-corrected chi connectivity index (χ0v) is 20.8. The first kappa shape index (κ1) is 24.0. The predicted octanol–water partition coefficient (Wildman–Crippen LogP) is 5.17. The number of rotatable bonds is 8. The average molecular weight is 475 g/mol. The molecular formula is C29H38N4O2. The van der Waals surface area contributed by atoms with Crippen LogP contribution >= 0.6 is 0 Å². The van der Waals surface area contributed by atoms with E-state index in [1.807, 2.05) is 0 Å². The van der Waals surface area contributed by atoms with Crippen LogP contribution in [0.5, 0.6) is 0 Å². The quantitative estimate of drug-likeness (QED) is 0.391. The second kappa shape index (κ2) is 12.3. The zero-order valence-electron chi connectivity index (χ0n) is 20.8. The van der Waals surface area contributed by atoms with Gasteiger partial charge in [-0.15, -0.1) is 0 Å². The first-order valence-electron chi connectivity index (χ1n) is 13.4. The van der Waals surface area contributed by atoms with Crippen LogP contribution in [0.4, 0.5) is 0 Å². The Morgan fingerprint density at radius 1 is 0.543 bits per heavy atom. The van der Waals surface area contributed by atoms with E-state index in [4.69, 9.17) is 9.68 Å². The number of oxime groups is 2. The molecule has 0 bridgehead atoms. The number of hydrogen-bond donors (Lipinski definition) is 0. The van der Waals surface area contributed by atoms with E-state index in [-0.39, 0.29) is 0 Å². The number of benzene rings is 2. The van der Waals surface area contributed by atoms with Gasteiger partial charge in [0.05, 0.1) is 11.4 Å². The summed E-state index contributed by atoms with van der Waals surface area (Å²) in [6.45, 7) is 7.76. The van der Waals surface area contributed by atoms with Crippen molar-refractivity contribution in [3.63, 3.8) is 0 Å². The number of fused-ring (bicyclic) bond motifs is 3. The molecule has 2 fully saturated rings. The van der Waals surface area contributed by atoms with Crippen LogP contribution in [0, 0.1) is 0 Å². The summed E-state index contributed by atoms with van der Waals surface area (Å²) < 4.78 is 0. The smallest absolute Gasteiger partial charge is 0.129 e. The number of piperidine rings is 2. The van der Waals surface area contributed by atoms with Crippen LogP contribution in [0.2, 0.25) is 0 Å². The van der Waals surface area contributed by atoms with Gasteiger partial charge in [0.25, 0.3) is 0 Å². The molecule has 0 unspecified atom stereocenters. The summed E-state index contributed by atoms with van der Waals surface area (Å²) in [6, 6.07) is 16.9. The van der Waals surface area contributed by atoms with Crippen LogP contribution in [0.3, 0.4) is 0 Å². The van der Waals surface area contributed by atoms with Gasteiger partial charge in [-0.3, -0.25) is 9.80 Å². The highest BCUT2D eigenvalue weighted by Gasteiger charge is 2.24. The summed E-state index contributed by atoms with van der Waals surface area (Å²) in [5.41, 5.74) is 6.37. The molecule has 6 nitrogen and oxygen atoms in total. The highest BCUT2D eigenvalue weighted by atomic mass is 16.6. The predicted molar refractivity (Wildman–Crippen MR) is 142 cm³/mol. The normalized spacial score (nSPS) is 21.4. The van der Waals surface area contributed by atoms with E-state index >= 15 is 0 Å². The molecule has 0 spiro atoms. The van der Waals surface area contributed by atoms with Gasteiger partial charge < -0.3 is 9.68 Å². The summed E-state index contributed by atoms with van der Waals surface area (Å²) in [4.78, 5) is 16.7. The number of nitrogens with zero attached hydrogens (tertiary/aromatic N) is 4. The van der Waals surface area contributed by atoms with E-state index in [1.54, 1.807) is 0 Å². The molecule has 0 amide bonds. The molecule has 0 aromatic heterocycles. The van der Waals surface area contributed by atoms with Gasteiger partial charge in [0, 0.05) is 30.6 Å². The van der Waals surface area contributed by atoms with E-state index < -0.39 is 0 Å². The Balaban J connectivity index is 1.32. The number of hydrogen-bond acceptors (Lipinski definition) is 6. The minimum absolute atomic E-state index is 0.585. The van der Waals surface area contributed by atoms with Crippen molar-refractivity contribution in [2.75, 3.05) is 52.5 Å². The fraction of sp³-hybridized carbons (Fsp3) is 0.517. The van der Waals surface area contributed by atoms with Crippen molar-refractivity contribution in [3.8, 4) is 11.1 Å². The Morgan fingerprint density at radius 2 is 0.943 bits per heavy atom. The third kappa shape index (κ3) is 6.30. The lowest BCUT2D eigenvalue weighted by atomic mass is 9.96. The Hall–Kier alpha value is -2.70. The lowest BCUT2D eigenvalue weighted by Gasteiger charge is -2.25. The third-order valence-corrected chi connectivity index (χ3v) is 7.35. The second-order valence-electron chi connectivity index (χ2n) is 9.81. The molecule has 0 atom stereocenters.